The zero-order valence-corrected chi connectivity index (χ0v) is 20.5. The van der Waals surface area contributed by atoms with E-state index in [1.54, 1.807) is 0 Å². The van der Waals surface area contributed by atoms with Crippen molar-refractivity contribution in [3.63, 3.8) is 0 Å². The maximum Gasteiger partial charge on any atom is 0.231 e. The summed E-state index contributed by atoms with van der Waals surface area (Å²) < 4.78 is 13.4. The third-order valence-electron chi connectivity index (χ3n) is 6.65. The highest BCUT2D eigenvalue weighted by molar-refractivity contribution is 7.80. The Bertz CT molecular complexity index is 1440. The number of aromatic nitrogens is 3. The number of hydrogen-bond acceptors (Lipinski definition) is 5. The van der Waals surface area contributed by atoms with Gasteiger partial charge in [0.2, 0.25) is 6.79 Å². The molecule has 35 heavy (non-hydrogen) atoms. The first-order chi connectivity index (χ1) is 17.0. The molecule has 2 aliphatic rings. The zero-order valence-electron chi connectivity index (χ0n) is 19.7. The van der Waals surface area contributed by atoms with Gasteiger partial charge in [-0.2, -0.15) is 0 Å². The smallest absolute Gasteiger partial charge is 0.231 e. The highest BCUT2D eigenvalue weighted by Crippen LogP contribution is 2.45. The minimum atomic E-state index is -0.131. The first-order valence-corrected chi connectivity index (χ1v) is 11.9. The van der Waals surface area contributed by atoms with E-state index >= 15 is 0 Å². The van der Waals surface area contributed by atoms with Gasteiger partial charge in [-0.3, -0.25) is 4.98 Å². The fraction of sp³-hybridized carbons (Fsp3) is 0.222. The SMILES string of the molecule is Cc1ccnc(-n2c(C)cc(C3C(c4ccccn4)NC(=S)N3c3ccc4c(c3)OCO4)c2C)c1. The molecular formula is C27H25N5O2S. The van der Waals surface area contributed by atoms with E-state index in [1.165, 1.54) is 5.56 Å². The van der Waals surface area contributed by atoms with Crippen molar-refractivity contribution in [3.05, 3.63) is 95.2 Å². The molecule has 4 aromatic rings. The fourth-order valence-corrected chi connectivity index (χ4v) is 5.41. The van der Waals surface area contributed by atoms with Crippen molar-refractivity contribution >= 4 is 23.0 Å². The van der Waals surface area contributed by atoms with Gasteiger partial charge < -0.3 is 24.3 Å². The number of anilines is 1. The van der Waals surface area contributed by atoms with E-state index in [9.17, 15) is 0 Å². The summed E-state index contributed by atoms with van der Waals surface area (Å²) in [4.78, 5) is 11.5. The Labute approximate surface area is 209 Å². The van der Waals surface area contributed by atoms with Crippen molar-refractivity contribution in [2.45, 2.75) is 32.9 Å². The lowest BCUT2D eigenvalue weighted by atomic mass is 9.96. The molecule has 0 saturated carbocycles. The molecule has 2 aliphatic heterocycles. The van der Waals surface area contributed by atoms with E-state index in [4.69, 9.17) is 21.7 Å². The summed E-state index contributed by atoms with van der Waals surface area (Å²) in [6.07, 6.45) is 3.67. The molecule has 0 amide bonds. The van der Waals surface area contributed by atoms with Gasteiger partial charge in [-0.15, -0.1) is 0 Å². The van der Waals surface area contributed by atoms with E-state index in [1.807, 2.05) is 54.9 Å². The standard InChI is InChI=1S/C27H25N5O2S/c1-16-9-11-29-24(12-16)31-17(2)13-20(18(31)3)26-25(21-6-4-5-10-28-21)30-27(35)32(26)19-7-8-22-23(14-19)34-15-33-22/h4-14,25-26H,15H2,1-3H3,(H,30,35). The molecule has 1 saturated heterocycles. The van der Waals surface area contributed by atoms with Crippen LogP contribution in [-0.4, -0.2) is 26.4 Å². The van der Waals surface area contributed by atoms with Crippen LogP contribution >= 0.6 is 12.2 Å². The first-order valence-electron chi connectivity index (χ1n) is 11.5. The molecule has 176 valence electrons. The zero-order chi connectivity index (χ0) is 24.1. The van der Waals surface area contributed by atoms with Crippen LogP contribution in [0.2, 0.25) is 0 Å². The molecule has 8 heteroatoms. The normalized spacial score (nSPS) is 18.7. The third kappa shape index (κ3) is 3.61. The molecule has 0 aliphatic carbocycles. The molecule has 0 spiro atoms. The number of thiocarbonyl (C=S) groups is 1. The maximum absolute atomic E-state index is 5.89. The largest absolute Gasteiger partial charge is 0.454 e. The van der Waals surface area contributed by atoms with Crippen molar-refractivity contribution < 1.29 is 9.47 Å². The highest BCUT2D eigenvalue weighted by Gasteiger charge is 2.42. The molecule has 5 heterocycles. The number of rotatable bonds is 4. The fourth-order valence-electron chi connectivity index (χ4n) is 5.07. The Morgan fingerprint density at radius 2 is 1.80 bits per heavy atom. The van der Waals surface area contributed by atoms with Crippen LogP contribution in [0.4, 0.5) is 5.69 Å². The summed E-state index contributed by atoms with van der Waals surface area (Å²) in [5.41, 5.74) is 6.42. The number of fused-ring (bicyclic) bond motifs is 1. The van der Waals surface area contributed by atoms with Gasteiger partial charge in [-0.25, -0.2) is 4.98 Å². The number of nitrogens with one attached hydrogen (secondary N) is 1. The van der Waals surface area contributed by atoms with Crippen LogP contribution in [0, 0.1) is 20.8 Å². The molecular weight excluding hydrogens is 458 g/mol. The van der Waals surface area contributed by atoms with Gasteiger partial charge in [0.15, 0.2) is 16.6 Å². The van der Waals surface area contributed by atoms with Gasteiger partial charge in [-0.05, 0) is 86.6 Å². The molecule has 0 radical (unpaired) electrons. The summed E-state index contributed by atoms with van der Waals surface area (Å²) in [5, 5.41) is 4.18. The summed E-state index contributed by atoms with van der Waals surface area (Å²) in [5.74, 6) is 2.37. The van der Waals surface area contributed by atoms with E-state index < -0.39 is 0 Å². The summed E-state index contributed by atoms with van der Waals surface area (Å²) >= 11 is 5.89. The molecule has 6 rings (SSSR count). The number of aryl methyl sites for hydroxylation is 2. The topological polar surface area (TPSA) is 64.4 Å². The van der Waals surface area contributed by atoms with Crippen LogP contribution in [0.3, 0.4) is 0 Å². The summed E-state index contributed by atoms with van der Waals surface area (Å²) in [6, 6.07) is 18.0. The lowest BCUT2D eigenvalue weighted by Crippen LogP contribution is -2.29. The van der Waals surface area contributed by atoms with Crippen LogP contribution in [0.5, 0.6) is 11.5 Å². The summed E-state index contributed by atoms with van der Waals surface area (Å²) in [6.45, 7) is 6.56. The van der Waals surface area contributed by atoms with Gasteiger partial charge in [0.1, 0.15) is 5.82 Å². The second-order valence-electron chi connectivity index (χ2n) is 8.89. The minimum absolute atomic E-state index is 0.123. The second-order valence-corrected chi connectivity index (χ2v) is 9.27. The Hall–Kier alpha value is -3.91. The molecule has 1 aromatic carbocycles. The van der Waals surface area contributed by atoms with E-state index in [2.05, 4.69) is 57.7 Å². The monoisotopic (exact) mass is 483 g/mol. The minimum Gasteiger partial charge on any atom is -0.454 e. The maximum atomic E-state index is 5.89. The van der Waals surface area contributed by atoms with Crippen LogP contribution in [-0.2, 0) is 0 Å². The number of hydrogen-bond donors (Lipinski definition) is 1. The van der Waals surface area contributed by atoms with Crippen molar-refractivity contribution in [1.29, 1.82) is 0 Å². The van der Waals surface area contributed by atoms with Crippen LogP contribution < -0.4 is 19.7 Å². The van der Waals surface area contributed by atoms with E-state index in [0.29, 0.717) is 5.11 Å². The van der Waals surface area contributed by atoms with Crippen LogP contribution in [0.1, 0.15) is 40.3 Å². The molecule has 2 atom stereocenters. The third-order valence-corrected chi connectivity index (χ3v) is 6.97. The Balaban J connectivity index is 1.51. The van der Waals surface area contributed by atoms with Crippen LogP contribution in [0.15, 0.2) is 67.0 Å². The number of pyridine rings is 2. The van der Waals surface area contributed by atoms with Gasteiger partial charge >= 0.3 is 0 Å². The molecule has 7 nitrogen and oxygen atoms in total. The molecule has 0 bridgehead atoms. The second kappa shape index (κ2) is 8.39. The number of nitrogens with zero attached hydrogens (tertiary/aromatic N) is 4. The van der Waals surface area contributed by atoms with Crippen molar-refractivity contribution in [2.75, 3.05) is 11.7 Å². The molecule has 1 N–H and O–H groups in total. The highest BCUT2D eigenvalue weighted by atomic mass is 32.1. The van der Waals surface area contributed by atoms with E-state index in [-0.39, 0.29) is 18.9 Å². The van der Waals surface area contributed by atoms with Gasteiger partial charge in [-0.1, -0.05) is 6.07 Å². The van der Waals surface area contributed by atoms with Gasteiger partial charge in [0.05, 0.1) is 17.8 Å². The van der Waals surface area contributed by atoms with Crippen LogP contribution in [0.25, 0.3) is 5.82 Å². The van der Waals surface area contributed by atoms with Gasteiger partial charge in [0, 0.05) is 35.5 Å². The summed E-state index contributed by atoms with van der Waals surface area (Å²) in [7, 11) is 0. The van der Waals surface area contributed by atoms with Crippen molar-refractivity contribution in [2.24, 2.45) is 0 Å². The van der Waals surface area contributed by atoms with Crippen molar-refractivity contribution in [1.82, 2.24) is 19.9 Å². The molecule has 2 unspecified atom stereocenters. The Morgan fingerprint density at radius 3 is 2.60 bits per heavy atom. The molecule has 1 fully saturated rings. The average molecular weight is 484 g/mol. The van der Waals surface area contributed by atoms with E-state index in [0.717, 1.165) is 45.6 Å². The average Bonchev–Trinajstić information content (AvgIpc) is 3.54. The lowest BCUT2D eigenvalue weighted by molar-refractivity contribution is 0.174. The van der Waals surface area contributed by atoms with Gasteiger partial charge in [0.25, 0.3) is 0 Å². The lowest BCUT2D eigenvalue weighted by Gasteiger charge is -2.28. The number of ether oxygens (including phenoxy) is 2. The quantitative estimate of drug-likeness (QED) is 0.405. The molecule has 3 aromatic heterocycles. The predicted octanol–water partition coefficient (Wildman–Crippen LogP) is 5.10. The first kappa shape index (κ1) is 21.6. The predicted molar refractivity (Wildman–Crippen MR) is 138 cm³/mol. The Morgan fingerprint density at radius 1 is 0.943 bits per heavy atom. The Kier molecular flexibility index (Phi) is 5.18. The number of benzene rings is 1. The van der Waals surface area contributed by atoms with Crippen molar-refractivity contribution in [3.8, 4) is 17.3 Å².